The lowest BCUT2D eigenvalue weighted by Crippen LogP contribution is -2.29. The van der Waals surface area contributed by atoms with Gasteiger partial charge in [-0.05, 0) is 13.3 Å². The molecular formula is C9H17NO3. The minimum atomic E-state index is -0.380. The number of carbonyl (C=O) groups excluding carboxylic acids is 3. The highest BCUT2D eigenvalue weighted by Gasteiger charge is 2.10. The van der Waals surface area contributed by atoms with Crippen LogP contribution in [0.5, 0.6) is 0 Å². The van der Waals surface area contributed by atoms with Crippen molar-refractivity contribution in [1.29, 1.82) is 0 Å². The van der Waals surface area contributed by atoms with Crippen LogP contribution in [0, 0.1) is 0 Å². The Balaban J connectivity index is 0. The highest BCUT2D eigenvalue weighted by Crippen LogP contribution is 1.97. The monoisotopic (exact) mass is 187 g/mol. The van der Waals surface area contributed by atoms with Crippen molar-refractivity contribution < 1.29 is 14.4 Å². The van der Waals surface area contributed by atoms with Crippen LogP contribution in [0.4, 0.5) is 0 Å². The fraction of sp³-hybridized carbons (Fsp3) is 0.667. The number of carbonyl (C=O) groups is 3. The van der Waals surface area contributed by atoms with Gasteiger partial charge in [-0.1, -0.05) is 6.92 Å². The topological polar surface area (TPSA) is 77.2 Å². The van der Waals surface area contributed by atoms with Gasteiger partial charge in [0.05, 0.1) is 6.04 Å². The summed E-state index contributed by atoms with van der Waals surface area (Å²) >= 11 is 0. The summed E-state index contributed by atoms with van der Waals surface area (Å²) in [5.41, 5.74) is 5.44. The minimum absolute atomic E-state index is 0.0114. The maximum atomic E-state index is 11.0. The van der Waals surface area contributed by atoms with Crippen LogP contribution >= 0.6 is 0 Å². The van der Waals surface area contributed by atoms with Crippen LogP contribution in [-0.4, -0.2) is 24.4 Å². The molecule has 13 heavy (non-hydrogen) atoms. The maximum absolute atomic E-state index is 11.0. The molecule has 0 radical (unpaired) electrons. The summed E-state index contributed by atoms with van der Waals surface area (Å²) in [6.07, 6.45) is 1.27. The Labute approximate surface area is 78.5 Å². The standard InChI is InChI=1S/C8H15NO2.CH2O/c1-3-7(9)8(11)5-4-6(2)10;1-2/h7H,3-5,9H2,1-2H3;1H2. The summed E-state index contributed by atoms with van der Waals surface area (Å²) < 4.78 is 0. The van der Waals surface area contributed by atoms with Crippen LogP contribution in [0.3, 0.4) is 0 Å². The van der Waals surface area contributed by atoms with E-state index in [-0.39, 0.29) is 17.6 Å². The average Bonchev–Trinajstić information content (AvgIpc) is 2.16. The van der Waals surface area contributed by atoms with Crippen molar-refractivity contribution in [1.82, 2.24) is 0 Å². The third-order valence-electron chi connectivity index (χ3n) is 1.58. The van der Waals surface area contributed by atoms with Crippen LogP contribution in [0.15, 0.2) is 0 Å². The van der Waals surface area contributed by atoms with Gasteiger partial charge < -0.3 is 15.3 Å². The molecule has 0 aliphatic heterocycles. The van der Waals surface area contributed by atoms with E-state index in [0.29, 0.717) is 19.3 Å². The molecule has 0 heterocycles. The molecule has 0 bridgehead atoms. The Morgan fingerprint density at radius 3 is 2.08 bits per heavy atom. The fourth-order valence-corrected chi connectivity index (χ4v) is 0.712. The van der Waals surface area contributed by atoms with Crippen molar-refractivity contribution in [2.75, 3.05) is 0 Å². The molecule has 0 spiro atoms. The van der Waals surface area contributed by atoms with Gasteiger partial charge in [0.2, 0.25) is 0 Å². The van der Waals surface area contributed by atoms with E-state index >= 15 is 0 Å². The van der Waals surface area contributed by atoms with Crippen molar-refractivity contribution >= 4 is 18.4 Å². The van der Waals surface area contributed by atoms with Crippen molar-refractivity contribution in [3.63, 3.8) is 0 Å². The van der Waals surface area contributed by atoms with Gasteiger partial charge in [0.15, 0.2) is 0 Å². The molecule has 4 heteroatoms. The average molecular weight is 187 g/mol. The number of rotatable bonds is 5. The molecule has 0 amide bonds. The SMILES string of the molecule is C=O.CCC(N)C(=O)CCC(C)=O. The largest absolute Gasteiger partial charge is 0.322 e. The van der Waals surface area contributed by atoms with E-state index in [4.69, 9.17) is 10.5 Å². The lowest BCUT2D eigenvalue weighted by atomic mass is 10.1. The third kappa shape index (κ3) is 8.88. The smallest absolute Gasteiger partial charge is 0.149 e. The van der Waals surface area contributed by atoms with Crippen LogP contribution in [0.2, 0.25) is 0 Å². The van der Waals surface area contributed by atoms with Gasteiger partial charge >= 0.3 is 0 Å². The van der Waals surface area contributed by atoms with E-state index < -0.39 is 0 Å². The minimum Gasteiger partial charge on any atom is -0.322 e. The lowest BCUT2D eigenvalue weighted by Gasteiger charge is -2.05. The van der Waals surface area contributed by atoms with E-state index in [2.05, 4.69) is 0 Å². The predicted molar refractivity (Wildman–Crippen MR) is 50.3 cm³/mol. The molecule has 0 aliphatic rings. The van der Waals surface area contributed by atoms with Crippen molar-refractivity contribution in [3.8, 4) is 0 Å². The number of nitrogens with two attached hydrogens (primary N) is 1. The fourth-order valence-electron chi connectivity index (χ4n) is 0.712. The van der Waals surface area contributed by atoms with Crippen molar-refractivity contribution in [2.24, 2.45) is 5.73 Å². The normalized spacial score (nSPS) is 11.0. The van der Waals surface area contributed by atoms with Crippen LogP contribution in [0.25, 0.3) is 0 Å². The molecule has 0 saturated carbocycles. The molecule has 0 rings (SSSR count). The Morgan fingerprint density at radius 2 is 1.77 bits per heavy atom. The molecule has 0 aromatic heterocycles. The van der Waals surface area contributed by atoms with E-state index in [0.717, 1.165) is 0 Å². The zero-order valence-electron chi connectivity index (χ0n) is 8.21. The van der Waals surface area contributed by atoms with Gasteiger partial charge in [-0.25, -0.2) is 0 Å². The van der Waals surface area contributed by atoms with E-state index in [1.807, 2.05) is 13.7 Å². The molecule has 0 fully saturated rings. The van der Waals surface area contributed by atoms with E-state index in [1.54, 1.807) is 0 Å². The summed E-state index contributed by atoms with van der Waals surface area (Å²) in [6.45, 7) is 5.33. The van der Waals surface area contributed by atoms with Gasteiger partial charge in [0.1, 0.15) is 18.4 Å². The van der Waals surface area contributed by atoms with Gasteiger partial charge in [0.25, 0.3) is 0 Å². The van der Waals surface area contributed by atoms with Crippen LogP contribution in [-0.2, 0) is 14.4 Å². The molecule has 4 nitrogen and oxygen atoms in total. The molecule has 0 aliphatic carbocycles. The summed E-state index contributed by atoms with van der Waals surface area (Å²) in [5, 5.41) is 0. The Morgan fingerprint density at radius 1 is 1.31 bits per heavy atom. The van der Waals surface area contributed by atoms with Crippen LogP contribution < -0.4 is 5.73 Å². The number of hydrogen-bond donors (Lipinski definition) is 1. The Kier molecular flexibility index (Phi) is 10.1. The second kappa shape index (κ2) is 9.06. The van der Waals surface area contributed by atoms with Gasteiger partial charge in [-0.3, -0.25) is 4.79 Å². The number of Topliss-reactive ketones (excluding diaryl/α,β-unsaturated/α-hetero) is 2. The molecular weight excluding hydrogens is 170 g/mol. The second-order valence-corrected chi connectivity index (χ2v) is 2.68. The first kappa shape index (κ1) is 14.5. The van der Waals surface area contributed by atoms with Gasteiger partial charge in [-0.2, -0.15) is 0 Å². The lowest BCUT2D eigenvalue weighted by molar-refractivity contribution is -0.124. The third-order valence-corrected chi connectivity index (χ3v) is 1.58. The molecule has 1 unspecified atom stereocenters. The van der Waals surface area contributed by atoms with E-state index in [9.17, 15) is 9.59 Å². The Bertz CT molecular complexity index is 168. The maximum Gasteiger partial charge on any atom is 0.149 e. The summed E-state index contributed by atoms with van der Waals surface area (Å²) in [7, 11) is 0. The van der Waals surface area contributed by atoms with Crippen molar-refractivity contribution in [2.45, 2.75) is 39.2 Å². The zero-order valence-corrected chi connectivity index (χ0v) is 8.21. The molecule has 0 saturated heterocycles. The van der Waals surface area contributed by atoms with Crippen LogP contribution in [0.1, 0.15) is 33.1 Å². The molecule has 2 N–H and O–H groups in total. The highest BCUT2D eigenvalue weighted by atomic mass is 16.1. The highest BCUT2D eigenvalue weighted by molar-refractivity contribution is 5.87. The second-order valence-electron chi connectivity index (χ2n) is 2.68. The molecule has 0 aromatic carbocycles. The number of ketones is 2. The Hall–Kier alpha value is -1.03. The van der Waals surface area contributed by atoms with Gasteiger partial charge in [-0.15, -0.1) is 0 Å². The van der Waals surface area contributed by atoms with Crippen molar-refractivity contribution in [3.05, 3.63) is 0 Å². The first-order chi connectivity index (χ1) is 6.07. The summed E-state index contributed by atoms with van der Waals surface area (Å²) in [6, 6.07) is -0.380. The first-order valence-corrected chi connectivity index (χ1v) is 4.14. The van der Waals surface area contributed by atoms with E-state index in [1.165, 1.54) is 6.92 Å². The predicted octanol–water partition coefficient (Wildman–Crippen LogP) is 0.477. The first-order valence-electron chi connectivity index (χ1n) is 4.14. The molecule has 1 atom stereocenters. The van der Waals surface area contributed by atoms with Gasteiger partial charge in [0, 0.05) is 12.8 Å². The number of hydrogen-bond acceptors (Lipinski definition) is 4. The zero-order chi connectivity index (χ0) is 10.9. The summed E-state index contributed by atoms with van der Waals surface area (Å²) in [5.74, 6) is 0.0318. The quantitative estimate of drug-likeness (QED) is 0.679. The molecule has 76 valence electrons. The summed E-state index contributed by atoms with van der Waals surface area (Å²) in [4.78, 5) is 29.5. The molecule has 0 aromatic rings.